The van der Waals surface area contributed by atoms with Crippen LogP contribution in [0.25, 0.3) is 0 Å². The summed E-state index contributed by atoms with van der Waals surface area (Å²) in [7, 11) is 0. The Labute approximate surface area is 69.2 Å². The lowest BCUT2D eigenvalue weighted by Gasteiger charge is -2.21. The Hall–Kier alpha value is -0.0800. The first kappa shape index (κ1) is 10.9. The largest absolute Gasteiger partial charge is 0.393 e. The van der Waals surface area contributed by atoms with Crippen LogP contribution < -0.4 is 0 Å². The van der Waals surface area contributed by atoms with Crippen molar-refractivity contribution in [1.29, 1.82) is 0 Å². The van der Waals surface area contributed by atoms with Crippen molar-refractivity contribution in [2.45, 2.75) is 52.2 Å². The molecule has 0 heterocycles. The van der Waals surface area contributed by atoms with Gasteiger partial charge in [-0.05, 0) is 39.5 Å². The minimum absolute atomic E-state index is 0.266. The zero-order valence-corrected chi connectivity index (χ0v) is 7.96. The average Bonchev–Trinajstić information content (AvgIpc) is 1.80. The van der Waals surface area contributed by atoms with Crippen molar-refractivity contribution in [2.24, 2.45) is 5.92 Å². The van der Waals surface area contributed by atoms with Crippen molar-refractivity contribution >= 4 is 0 Å². The molecule has 0 aromatic rings. The monoisotopic (exact) mass is 160 g/mol. The Kier molecular flexibility index (Phi) is 4.04. The maximum Gasteiger partial charge on any atom is 0.0591 e. The van der Waals surface area contributed by atoms with Gasteiger partial charge in [-0.1, -0.05) is 6.92 Å². The minimum Gasteiger partial charge on any atom is -0.393 e. The molecule has 0 aromatic heterocycles. The van der Waals surface area contributed by atoms with Crippen molar-refractivity contribution in [2.75, 3.05) is 0 Å². The fraction of sp³-hybridized carbons (Fsp3) is 1.00. The molecule has 0 aliphatic rings. The summed E-state index contributed by atoms with van der Waals surface area (Å²) in [6.45, 7) is 7.37. The summed E-state index contributed by atoms with van der Waals surface area (Å²) in [4.78, 5) is 0. The van der Waals surface area contributed by atoms with E-state index < -0.39 is 5.60 Å². The fourth-order valence-corrected chi connectivity index (χ4v) is 0.822. The van der Waals surface area contributed by atoms with E-state index in [2.05, 4.69) is 0 Å². The predicted molar refractivity (Wildman–Crippen MR) is 46.4 cm³/mol. The third-order valence-corrected chi connectivity index (χ3v) is 2.03. The van der Waals surface area contributed by atoms with Gasteiger partial charge in [0.2, 0.25) is 0 Å². The van der Waals surface area contributed by atoms with Crippen LogP contribution in [0.15, 0.2) is 0 Å². The Bertz CT molecular complexity index is 103. The van der Waals surface area contributed by atoms with Gasteiger partial charge in [-0.25, -0.2) is 0 Å². The van der Waals surface area contributed by atoms with E-state index in [9.17, 15) is 5.11 Å². The van der Waals surface area contributed by atoms with E-state index in [1.54, 1.807) is 20.8 Å². The normalized spacial score (nSPS) is 18.0. The Balaban J connectivity index is 3.54. The SMILES string of the molecule is CC(O)C(C)CCC(C)(C)O. The second kappa shape index (κ2) is 4.07. The van der Waals surface area contributed by atoms with Gasteiger partial charge in [0.1, 0.15) is 0 Å². The van der Waals surface area contributed by atoms with Crippen molar-refractivity contribution in [1.82, 2.24) is 0 Å². The van der Waals surface area contributed by atoms with E-state index >= 15 is 0 Å². The second-order valence-electron chi connectivity index (χ2n) is 4.07. The summed E-state index contributed by atoms with van der Waals surface area (Å²) >= 11 is 0. The summed E-state index contributed by atoms with van der Waals surface area (Å²) in [5.74, 6) is 0.279. The van der Waals surface area contributed by atoms with E-state index in [1.165, 1.54) is 0 Å². The summed E-state index contributed by atoms with van der Waals surface area (Å²) in [6.07, 6.45) is 1.36. The van der Waals surface area contributed by atoms with E-state index in [4.69, 9.17) is 5.11 Å². The number of hydrogen-bond donors (Lipinski definition) is 2. The molecule has 0 bridgehead atoms. The first-order valence-electron chi connectivity index (χ1n) is 4.23. The van der Waals surface area contributed by atoms with Gasteiger partial charge in [-0.15, -0.1) is 0 Å². The standard InChI is InChI=1S/C9H20O2/c1-7(8(2)10)5-6-9(3,4)11/h7-8,10-11H,5-6H2,1-4H3. The van der Waals surface area contributed by atoms with Gasteiger partial charge >= 0.3 is 0 Å². The highest BCUT2D eigenvalue weighted by molar-refractivity contribution is 4.68. The molecule has 2 unspecified atom stereocenters. The van der Waals surface area contributed by atoms with Crippen LogP contribution in [0.4, 0.5) is 0 Å². The lowest BCUT2D eigenvalue weighted by atomic mass is 9.93. The average molecular weight is 160 g/mol. The highest BCUT2D eigenvalue weighted by atomic mass is 16.3. The highest BCUT2D eigenvalue weighted by Crippen LogP contribution is 2.17. The van der Waals surface area contributed by atoms with Crippen molar-refractivity contribution in [3.05, 3.63) is 0 Å². The predicted octanol–water partition coefficient (Wildman–Crippen LogP) is 1.55. The molecule has 11 heavy (non-hydrogen) atoms. The molecule has 0 amide bonds. The zero-order chi connectivity index (χ0) is 9.07. The minimum atomic E-state index is -0.594. The maximum absolute atomic E-state index is 9.37. The van der Waals surface area contributed by atoms with Crippen LogP contribution >= 0.6 is 0 Å². The van der Waals surface area contributed by atoms with Crippen LogP contribution in [0.2, 0.25) is 0 Å². The van der Waals surface area contributed by atoms with Crippen molar-refractivity contribution in [3.63, 3.8) is 0 Å². The number of rotatable bonds is 4. The Morgan fingerprint density at radius 3 is 2.00 bits per heavy atom. The molecule has 0 aliphatic carbocycles. The van der Waals surface area contributed by atoms with Crippen LogP contribution in [-0.2, 0) is 0 Å². The third kappa shape index (κ3) is 6.32. The number of hydrogen-bond acceptors (Lipinski definition) is 2. The van der Waals surface area contributed by atoms with E-state index in [1.807, 2.05) is 6.92 Å². The molecule has 68 valence electrons. The first-order valence-corrected chi connectivity index (χ1v) is 4.23. The molecule has 2 nitrogen and oxygen atoms in total. The molecule has 2 atom stereocenters. The number of aliphatic hydroxyl groups is 2. The topological polar surface area (TPSA) is 40.5 Å². The smallest absolute Gasteiger partial charge is 0.0591 e. The van der Waals surface area contributed by atoms with Gasteiger partial charge in [0.25, 0.3) is 0 Å². The van der Waals surface area contributed by atoms with Crippen LogP contribution in [0, 0.1) is 5.92 Å². The molecule has 0 spiro atoms. The summed E-state index contributed by atoms with van der Waals surface area (Å²) in [5.41, 5.74) is -0.594. The third-order valence-electron chi connectivity index (χ3n) is 2.03. The van der Waals surface area contributed by atoms with Crippen molar-refractivity contribution < 1.29 is 10.2 Å². The van der Waals surface area contributed by atoms with Gasteiger partial charge in [-0.2, -0.15) is 0 Å². The molecule has 0 rings (SSSR count). The fourth-order valence-electron chi connectivity index (χ4n) is 0.822. The molecule has 2 N–H and O–H groups in total. The van der Waals surface area contributed by atoms with Gasteiger partial charge in [0, 0.05) is 0 Å². The summed E-state index contributed by atoms with van der Waals surface area (Å²) in [6, 6.07) is 0. The molecule has 0 saturated heterocycles. The molecular formula is C9H20O2. The van der Waals surface area contributed by atoms with E-state index in [0.717, 1.165) is 12.8 Å². The Morgan fingerprint density at radius 1 is 1.27 bits per heavy atom. The molecular weight excluding hydrogens is 140 g/mol. The molecule has 0 saturated carbocycles. The molecule has 0 aromatic carbocycles. The molecule has 0 aliphatic heterocycles. The van der Waals surface area contributed by atoms with Gasteiger partial charge in [0.05, 0.1) is 11.7 Å². The van der Waals surface area contributed by atoms with Crippen LogP contribution in [0.1, 0.15) is 40.5 Å². The zero-order valence-electron chi connectivity index (χ0n) is 7.96. The molecule has 0 radical (unpaired) electrons. The molecule has 2 heteroatoms. The van der Waals surface area contributed by atoms with Gasteiger partial charge < -0.3 is 10.2 Å². The quantitative estimate of drug-likeness (QED) is 0.655. The molecule has 0 fully saturated rings. The van der Waals surface area contributed by atoms with E-state index in [0.29, 0.717) is 0 Å². The first-order chi connectivity index (χ1) is 4.83. The lowest BCUT2D eigenvalue weighted by molar-refractivity contribution is 0.0514. The van der Waals surface area contributed by atoms with Crippen LogP contribution in [0.3, 0.4) is 0 Å². The van der Waals surface area contributed by atoms with Crippen LogP contribution in [-0.4, -0.2) is 21.9 Å². The summed E-state index contributed by atoms with van der Waals surface area (Å²) in [5, 5.41) is 18.5. The lowest BCUT2D eigenvalue weighted by Crippen LogP contribution is -2.22. The second-order valence-corrected chi connectivity index (χ2v) is 4.07. The van der Waals surface area contributed by atoms with Gasteiger partial charge in [0.15, 0.2) is 0 Å². The highest BCUT2D eigenvalue weighted by Gasteiger charge is 2.16. The van der Waals surface area contributed by atoms with Crippen LogP contribution in [0.5, 0.6) is 0 Å². The number of aliphatic hydroxyl groups excluding tert-OH is 1. The Morgan fingerprint density at radius 2 is 1.73 bits per heavy atom. The summed E-state index contributed by atoms with van der Waals surface area (Å²) < 4.78 is 0. The van der Waals surface area contributed by atoms with Crippen molar-refractivity contribution in [3.8, 4) is 0 Å². The maximum atomic E-state index is 9.37. The van der Waals surface area contributed by atoms with E-state index in [-0.39, 0.29) is 12.0 Å². The van der Waals surface area contributed by atoms with Gasteiger partial charge in [-0.3, -0.25) is 0 Å².